The van der Waals surface area contributed by atoms with Crippen molar-refractivity contribution < 1.29 is 4.79 Å². The summed E-state index contributed by atoms with van der Waals surface area (Å²) in [6.07, 6.45) is 3.54. The van der Waals surface area contributed by atoms with Crippen LogP contribution in [0, 0.1) is 13.8 Å². The number of aromatic nitrogens is 4. The van der Waals surface area contributed by atoms with Crippen LogP contribution in [0.3, 0.4) is 0 Å². The number of aryl methyl sites for hydroxylation is 3. The van der Waals surface area contributed by atoms with Gasteiger partial charge in [0.2, 0.25) is 5.91 Å². The Bertz CT molecular complexity index is 1510. The highest BCUT2D eigenvalue weighted by molar-refractivity contribution is 7.18. The average Bonchev–Trinajstić information content (AvgIpc) is 3.31. The number of pyridine rings is 1. The van der Waals surface area contributed by atoms with E-state index >= 15 is 0 Å². The smallest absolute Gasteiger partial charge is 0.262 e. The van der Waals surface area contributed by atoms with E-state index in [1.54, 1.807) is 0 Å². The Morgan fingerprint density at radius 2 is 1.88 bits per heavy atom. The Labute approximate surface area is 188 Å². The normalized spacial score (nSPS) is 11.3. The second-order valence-electron chi connectivity index (χ2n) is 7.61. The van der Waals surface area contributed by atoms with Crippen LogP contribution in [0.1, 0.15) is 16.9 Å². The van der Waals surface area contributed by atoms with E-state index in [1.165, 1.54) is 22.2 Å². The monoisotopic (exact) mass is 443 g/mol. The first kappa shape index (κ1) is 20.1. The van der Waals surface area contributed by atoms with E-state index in [9.17, 15) is 9.59 Å². The van der Waals surface area contributed by atoms with Crippen molar-refractivity contribution in [2.75, 3.05) is 5.32 Å². The number of rotatable bonds is 5. The Morgan fingerprint density at radius 1 is 1.09 bits per heavy atom. The van der Waals surface area contributed by atoms with Gasteiger partial charge in [0.1, 0.15) is 22.0 Å². The van der Waals surface area contributed by atoms with Crippen molar-refractivity contribution in [2.45, 2.75) is 26.8 Å². The summed E-state index contributed by atoms with van der Waals surface area (Å²) in [6.45, 7) is 4.17. The van der Waals surface area contributed by atoms with Gasteiger partial charge in [-0.3, -0.25) is 18.6 Å². The van der Waals surface area contributed by atoms with Gasteiger partial charge in [0.05, 0.1) is 11.7 Å². The zero-order valence-electron chi connectivity index (χ0n) is 17.7. The molecule has 8 heteroatoms. The predicted molar refractivity (Wildman–Crippen MR) is 127 cm³/mol. The van der Waals surface area contributed by atoms with Crippen molar-refractivity contribution in [3.05, 3.63) is 81.8 Å². The second-order valence-corrected chi connectivity index (χ2v) is 8.81. The molecule has 4 heterocycles. The lowest BCUT2D eigenvalue weighted by molar-refractivity contribution is -0.116. The van der Waals surface area contributed by atoms with E-state index in [-0.39, 0.29) is 24.4 Å². The summed E-state index contributed by atoms with van der Waals surface area (Å²) in [6, 6.07) is 15.4. The van der Waals surface area contributed by atoms with Crippen LogP contribution in [0.2, 0.25) is 0 Å². The number of carbonyl (C=O) groups excluding carboxylic acids is 1. The fraction of sp³-hybridized carbons (Fsp3) is 0.167. The van der Waals surface area contributed by atoms with Gasteiger partial charge in [-0.05, 0) is 31.5 Å². The highest BCUT2D eigenvalue weighted by atomic mass is 32.1. The topological polar surface area (TPSA) is 81.3 Å². The summed E-state index contributed by atoms with van der Waals surface area (Å²) in [4.78, 5) is 36.7. The van der Waals surface area contributed by atoms with Gasteiger partial charge in [-0.15, -0.1) is 11.3 Å². The van der Waals surface area contributed by atoms with Crippen LogP contribution in [0.15, 0.2) is 65.8 Å². The summed E-state index contributed by atoms with van der Waals surface area (Å²) >= 11 is 1.52. The molecule has 0 bridgehead atoms. The van der Waals surface area contributed by atoms with Gasteiger partial charge in [0.25, 0.3) is 5.56 Å². The fourth-order valence-corrected chi connectivity index (χ4v) is 4.75. The molecule has 160 valence electrons. The molecule has 0 unspecified atom stereocenters. The number of nitrogens with one attached hydrogen (secondary N) is 1. The maximum atomic E-state index is 12.9. The molecule has 1 aromatic carbocycles. The SMILES string of the molecule is Cc1sc2ncn(CCC(=O)Nc3c(-c4ccccc4)nc4ccccn34)c(=O)c2c1C. The van der Waals surface area contributed by atoms with Gasteiger partial charge in [-0.25, -0.2) is 9.97 Å². The van der Waals surface area contributed by atoms with Crippen molar-refractivity contribution in [2.24, 2.45) is 0 Å². The lowest BCUT2D eigenvalue weighted by Crippen LogP contribution is -2.24. The average molecular weight is 444 g/mol. The number of fused-ring (bicyclic) bond motifs is 2. The number of benzene rings is 1. The third kappa shape index (κ3) is 3.48. The maximum Gasteiger partial charge on any atom is 0.262 e. The summed E-state index contributed by atoms with van der Waals surface area (Å²) in [7, 11) is 0. The van der Waals surface area contributed by atoms with Crippen molar-refractivity contribution in [3.8, 4) is 11.3 Å². The van der Waals surface area contributed by atoms with Crippen LogP contribution in [-0.2, 0) is 11.3 Å². The van der Waals surface area contributed by atoms with Crippen molar-refractivity contribution in [3.63, 3.8) is 0 Å². The number of anilines is 1. The molecule has 5 aromatic rings. The Morgan fingerprint density at radius 3 is 2.69 bits per heavy atom. The molecule has 0 saturated heterocycles. The molecule has 5 rings (SSSR count). The molecular weight excluding hydrogens is 422 g/mol. The van der Waals surface area contributed by atoms with Crippen LogP contribution in [0.25, 0.3) is 27.1 Å². The molecule has 0 fully saturated rings. The largest absolute Gasteiger partial charge is 0.310 e. The van der Waals surface area contributed by atoms with Crippen molar-refractivity contribution in [1.82, 2.24) is 18.9 Å². The molecule has 0 radical (unpaired) electrons. The van der Waals surface area contributed by atoms with Gasteiger partial charge in [-0.2, -0.15) is 0 Å². The van der Waals surface area contributed by atoms with Gasteiger partial charge >= 0.3 is 0 Å². The van der Waals surface area contributed by atoms with Gasteiger partial charge in [-0.1, -0.05) is 36.4 Å². The minimum Gasteiger partial charge on any atom is -0.310 e. The molecule has 4 aromatic heterocycles. The van der Waals surface area contributed by atoms with E-state index in [2.05, 4.69) is 10.3 Å². The van der Waals surface area contributed by atoms with Crippen molar-refractivity contribution in [1.29, 1.82) is 0 Å². The molecule has 0 aliphatic rings. The lowest BCUT2D eigenvalue weighted by Gasteiger charge is -2.09. The third-order valence-corrected chi connectivity index (χ3v) is 6.69. The summed E-state index contributed by atoms with van der Waals surface area (Å²) in [5.74, 6) is 0.417. The first-order valence-corrected chi connectivity index (χ1v) is 11.1. The first-order chi connectivity index (χ1) is 15.5. The molecule has 0 aliphatic heterocycles. The molecule has 7 nitrogen and oxygen atoms in total. The Kier molecular flexibility index (Phi) is 5.07. The van der Waals surface area contributed by atoms with Gasteiger partial charge < -0.3 is 5.32 Å². The Hall–Kier alpha value is -3.78. The minimum atomic E-state index is -0.196. The zero-order valence-corrected chi connectivity index (χ0v) is 18.5. The number of hydrogen-bond donors (Lipinski definition) is 1. The zero-order chi connectivity index (χ0) is 22.2. The second kappa shape index (κ2) is 8.05. The number of thiophene rings is 1. The van der Waals surface area contributed by atoms with Crippen LogP contribution < -0.4 is 10.9 Å². The van der Waals surface area contributed by atoms with Crippen LogP contribution in [-0.4, -0.2) is 24.8 Å². The number of nitrogens with zero attached hydrogens (tertiary/aromatic N) is 4. The van der Waals surface area contributed by atoms with E-state index in [0.29, 0.717) is 16.9 Å². The molecule has 0 atom stereocenters. The highest BCUT2D eigenvalue weighted by Crippen LogP contribution is 2.29. The number of amides is 1. The predicted octanol–water partition coefficient (Wildman–Crippen LogP) is 4.42. The van der Waals surface area contributed by atoms with Crippen LogP contribution in [0.4, 0.5) is 5.82 Å². The van der Waals surface area contributed by atoms with Gasteiger partial charge in [0.15, 0.2) is 0 Å². The molecule has 0 aliphatic carbocycles. The number of carbonyl (C=O) groups is 1. The molecule has 32 heavy (non-hydrogen) atoms. The molecule has 0 saturated carbocycles. The molecule has 0 spiro atoms. The van der Waals surface area contributed by atoms with Gasteiger partial charge in [0, 0.05) is 29.6 Å². The standard InChI is InChI=1S/C24H21N5O2S/c1-15-16(2)32-23-20(15)24(31)28(14-25-23)13-11-19(30)27-22-21(17-8-4-3-5-9-17)26-18-10-6-7-12-29(18)22/h3-10,12,14H,11,13H2,1-2H3,(H,27,30). The number of hydrogen-bond acceptors (Lipinski definition) is 5. The van der Waals surface area contributed by atoms with Crippen LogP contribution >= 0.6 is 11.3 Å². The third-order valence-electron chi connectivity index (χ3n) is 5.57. The molecular formula is C24H21N5O2S. The number of imidazole rings is 1. The van der Waals surface area contributed by atoms with E-state index in [1.807, 2.05) is 73.0 Å². The minimum absolute atomic E-state index is 0.107. The highest BCUT2D eigenvalue weighted by Gasteiger charge is 2.17. The lowest BCUT2D eigenvalue weighted by atomic mass is 10.1. The summed E-state index contributed by atoms with van der Waals surface area (Å²) < 4.78 is 3.37. The Balaban J connectivity index is 1.42. The van der Waals surface area contributed by atoms with E-state index < -0.39 is 0 Å². The summed E-state index contributed by atoms with van der Waals surface area (Å²) in [5, 5.41) is 3.64. The van der Waals surface area contributed by atoms with Crippen molar-refractivity contribution >= 4 is 38.9 Å². The van der Waals surface area contributed by atoms with E-state index in [4.69, 9.17) is 4.98 Å². The van der Waals surface area contributed by atoms with E-state index in [0.717, 1.165) is 26.5 Å². The maximum absolute atomic E-state index is 12.9. The first-order valence-electron chi connectivity index (χ1n) is 10.3. The fourth-order valence-electron chi connectivity index (χ4n) is 3.76. The molecule has 1 N–H and O–H groups in total. The quantitative estimate of drug-likeness (QED) is 0.436. The van der Waals surface area contributed by atoms with Crippen LogP contribution in [0.5, 0.6) is 0 Å². The molecule has 1 amide bonds. The summed E-state index contributed by atoms with van der Waals surface area (Å²) in [5.41, 5.74) is 3.22.